The molecule has 2 aliphatic heterocycles. The first-order valence-electron chi connectivity index (χ1n) is 9.28. The van der Waals surface area contributed by atoms with Crippen LogP contribution in [0, 0.1) is 0 Å². The van der Waals surface area contributed by atoms with Crippen LogP contribution in [0.15, 0.2) is 24.4 Å². The molecule has 10 heteroatoms. The molecule has 2 aromatic rings. The number of hydrogen-bond donors (Lipinski definition) is 2. The number of pyridine rings is 1. The number of amides is 2. The van der Waals surface area contributed by atoms with Gasteiger partial charge in [-0.05, 0) is 23.6 Å². The van der Waals surface area contributed by atoms with Gasteiger partial charge in [0.05, 0.1) is 18.2 Å². The summed E-state index contributed by atoms with van der Waals surface area (Å²) in [5, 5.41) is 4.18. The summed E-state index contributed by atoms with van der Waals surface area (Å²) in [5.74, 6) is -2.63. The van der Waals surface area contributed by atoms with Gasteiger partial charge >= 0.3 is 6.09 Å². The van der Waals surface area contributed by atoms with Crippen molar-refractivity contribution < 1.29 is 27.8 Å². The van der Waals surface area contributed by atoms with E-state index in [0.717, 1.165) is 5.39 Å². The fourth-order valence-electron chi connectivity index (χ4n) is 4.12. The molecule has 2 atom stereocenters. The number of alkyl halides is 2. The molecule has 2 saturated heterocycles. The van der Waals surface area contributed by atoms with Crippen molar-refractivity contribution in [1.82, 2.24) is 10.3 Å². The maximum Gasteiger partial charge on any atom is 0.407 e. The summed E-state index contributed by atoms with van der Waals surface area (Å²) < 4.78 is 37.3. The highest BCUT2D eigenvalue weighted by Gasteiger charge is 2.47. The van der Waals surface area contributed by atoms with Crippen LogP contribution < -0.4 is 20.7 Å². The summed E-state index contributed by atoms with van der Waals surface area (Å²) in [6.45, 7) is 0.989. The van der Waals surface area contributed by atoms with E-state index in [1.165, 1.54) is 0 Å². The predicted octanol–water partition coefficient (Wildman–Crippen LogP) is 1.81. The summed E-state index contributed by atoms with van der Waals surface area (Å²) in [4.78, 5) is 29.7. The number of fused-ring (bicyclic) bond motifs is 2. The van der Waals surface area contributed by atoms with E-state index in [-0.39, 0.29) is 23.5 Å². The van der Waals surface area contributed by atoms with E-state index in [4.69, 9.17) is 15.2 Å². The number of alkyl carbamates (subject to hydrolysis) is 1. The van der Waals surface area contributed by atoms with E-state index < -0.39 is 36.9 Å². The van der Waals surface area contributed by atoms with Gasteiger partial charge in [-0.3, -0.25) is 4.79 Å². The number of anilines is 1. The molecule has 29 heavy (non-hydrogen) atoms. The number of carbonyl (C=O) groups is 2. The van der Waals surface area contributed by atoms with Gasteiger partial charge in [0.15, 0.2) is 0 Å². The van der Waals surface area contributed by atoms with Crippen LogP contribution in [0.1, 0.15) is 23.2 Å². The van der Waals surface area contributed by atoms with E-state index in [2.05, 4.69) is 10.3 Å². The van der Waals surface area contributed by atoms with Gasteiger partial charge < -0.3 is 25.4 Å². The molecule has 1 aromatic carbocycles. The van der Waals surface area contributed by atoms with E-state index in [0.29, 0.717) is 24.3 Å². The number of hydrogen-bond acceptors (Lipinski definition) is 6. The Morgan fingerprint density at radius 1 is 1.34 bits per heavy atom. The number of benzene rings is 1. The van der Waals surface area contributed by atoms with Gasteiger partial charge in [0.2, 0.25) is 0 Å². The lowest BCUT2D eigenvalue weighted by molar-refractivity contribution is -0.134. The summed E-state index contributed by atoms with van der Waals surface area (Å²) in [6, 6.07) is 4.82. The average molecular weight is 404 g/mol. The van der Waals surface area contributed by atoms with Crippen molar-refractivity contribution in [2.45, 2.75) is 37.0 Å². The Balaban J connectivity index is 1.50. The first kappa shape index (κ1) is 17.9. The Morgan fingerprint density at radius 3 is 2.83 bits per heavy atom. The lowest BCUT2D eigenvalue weighted by Gasteiger charge is -2.35. The van der Waals surface area contributed by atoms with Gasteiger partial charge in [-0.1, -0.05) is 0 Å². The first-order chi connectivity index (χ1) is 13.8. The van der Waals surface area contributed by atoms with Gasteiger partial charge in [0.25, 0.3) is 11.8 Å². The molecule has 8 nitrogen and oxygen atoms in total. The van der Waals surface area contributed by atoms with E-state index in [1.807, 2.05) is 4.90 Å². The second-order valence-corrected chi connectivity index (χ2v) is 7.67. The Kier molecular flexibility index (Phi) is 3.80. The van der Waals surface area contributed by atoms with Crippen LogP contribution in [-0.4, -0.2) is 54.2 Å². The van der Waals surface area contributed by atoms with Crippen LogP contribution in [0.3, 0.4) is 0 Å². The van der Waals surface area contributed by atoms with Crippen LogP contribution in [0.25, 0.3) is 10.8 Å². The number of aromatic nitrogens is 1. The number of halogens is 2. The average Bonchev–Trinajstić information content (AvgIpc) is 3.16. The number of nitrogens with one attached hydrogen (secondary N) is 1. The minimum absolute atomic E-state index is 0.127. The quantitative estimate of drug-likeness (QED) is 0.805. The number of nitrogens with zero attached hydrogens (tertiary/aromatic N) is 2. The van der Waals surface area contributed by atoms with Crippen molar-refractivity contribution >= 4 is 28.6 Å². The number of carbonyl (C=O) groups excluding carboxylic acids is 2. The molecule has 0 bridgehead atoms. The molecule has 0 spiro atoms. The normalized spacial score (nSPS) is 25.3. The molecule has 1 aliphatic carbocycles. The molecule has 152 valence electrons. The maximum atomic E-state index is 13.2. The van der Waals surface area contributed by atoms with Crippen LogP contribution in [0.5, 0.6) is 5.75 Å². The third kappa shape index (κ3) is 3.08. The van der Waals surface area contributed by atoms with Gasteiger partial charge in [0.1, 0.15) is 23.8 Å². The second-order valence-electron chi connectivity index (χ2n) is 7.67. The summed E-state index contributed by atoms with van der Waals surface area (Å²) in [6.07, 6.45) is -0.536. The van der Waals surface area contributed by atoms with Crippen molar-refractivity contribution in [3.8, 4) is 5.75 Å². The fraction of sp³-hybridized carbons (Fsp3) is 0.421. The fourth-order valence-corrected chi connectivity index (χ4v) is 4.12. The highest BCUT2D eigenvalue weighted by atomic mass is 19.3. The molecule has 3 heterocycles. The Bertz CT molecular complexity index is 1010. The van der Waals surface area contributed by atoms with Crippen molar-refractivity contribution in [2.75, 3.05) is 18.0 Å². The molecule has 1 aromatic heterocycles. The van der Waals surface area contributed by atoms with Crippen molar-refractivity contribution in [3.05, 3.63) is 30.0 Å². The molecule has 0 unspecified atom stereocenters. The topological polar surface area (TPSA) is 107 Å². The van der Waals surface area contributed by atoms with Crippen molar-refractivity contribution in [2.24, 2.45) is 5.73 Å². The Hall–Kier alpha value is -3.17. The summed E-state index contributed by atoms with van der Waals surface area (Å²) >= 11 is 0. The standard InChI is InChI=1S/C19H18F2N4O4/c20-19(21)5-10(6-19)28-14-4-11-9(3-12(14)16(22)26)1-2-23-17(11)25-7-13-15(8-25)29-18(27)24-13/h1-4,10,13,15H,5-8H2,(H2,22,26)(H,24,27)/t13-,15+/m1/s1. The highest BCUT2D eigenvalue weighted by molar-refractivity contribution is 6.03. The Labute approximate surface area is 163 Å². The number of rotatable bonds is 4. The van der Waals surface area contributed by atoms with Gasteiger partial charge in [-0.25, -0.2) is 18.6 Å². The van der Waals surface area contributed by atoms with Gasteiger partial charge in [-0.2, -0.15) is 0 Å². The number of ether oxygens (including phenoxy) is 2. The van der Waals surface area contributed by atoms with Crippen LogP contribution in [0.4, 0.5) is 19.4 Å². The first-order valence-corrected chi connectivity index (χ1v) is 9.28. The summed E-state index contributed by atoms with van der Waals surface area (Å²) in [5.41, 5.74) is 5.62. The molecule has 2 amide bonds. The third-order valence-corrected chi connectivity index (χ3v) is 5.58. The van der Waals surface area contributed by atoms with E-state index in [1.54, 1.807) is 24.4 Å². The molecule has 1 saturated carbocycles. The molecule has 3 aliphatic rings. The zero-order valence-corrected chi connectivity index (χ0v) is 15.2. The van der Waals surface area contributed by atoms with Crippen LogP contribution in [0.2, 0.25) is 0 Å². The van der Waals surface area contributed by atoms with Gasteiger partial charge in [0, 0.05) is 31.0 Å². The van der Waals surface area contributed by atoms with E-state index in [9.17, 15) is 18.4 Å². The van der Waals surface area contributed by atoms with E-state index >= 15 is 0 Å². The molecular formula is C19H18F2N4O4. The molecule has 5 rings (SSSR count). The SMILES string of the molecule is NC(=O)c1cc2ccnc(N3C[C@@H]4OC(=O)N[C@@H]4C3)c2cc1OC1CC(F)(F)C1. The van der Waals surface area contributed by atoms with Crippen LogP contribution >= 0.6 is 0 Å². The molecular weight excluding hydrogens is 386 g/mol. The minimum atomic E-state index is -2.74. The zero-order chi connectivity index (χ0) is 20.3. The molecule has 3 N–H and O–H groups in total. The van der Waals surface area contributed by atoms with Crippen molar-refractivity contribution in [3.63, 3.8) is 0 Å². The van der Waals surface area contributed by atoms with Crippen molar-refractivity contribution in [1.29, 1.82) is 0 Å². The monoisotopic (exact) mass is 404 g/mol. The minimum Gasteiger partial charge on any atom is -0.489 e. The maximum absolute atomic E-state index is 13.2. The van der Waals surface area contributed by atoms with Crippen LogP contribution in [-0.2, 0) is 4.74 Å². The Morgan fingerprint density at radius 2 is 2.14 bits per heavy atom. The largest absolute Gasteiger partial charge is 0.489 e. The third-order valence-electron chi connectivity index (χ3n) is 5.58. The lowest BCUT2D eigenvalue weighted by Crippen LogP contribution is -2.43. The zero-order valence-electron chi connectivity index (χ0n) is 15.2. The van der Waals surface area contributed by atoms with Gasteiger partial charge in [-0.15, -0.1) is 0 Å². The number of nitrogens with two attached hydrogens (primary N) is 1. The highest BCUT2D eigenvalue weighted by Crippen LogP contribution is 2.41. The summed E-state index contributed by atoms with van der Waals surface area (Å²) in [7, 11) is 0. The lowest BCUT2D eigenvalue weighted by atomic mass is 9.91. The molecule has 3 fully saturated rings. The smallest absolute Gasteiger partial charge is 0.407 e. The predicted molar refractivity (Wildman–Crippen MR) is 98.3 cm³/mol. The molecule has 0 radical (unpaired) electrons. The second kappa shape index (κ2) is 6.16. The number of primary amides is 1.